The van der Waals surface area contributed by atoms with Crippen molar-refractivity contribution in [3.8, 4) is 0 Å². The second kappa shape index (κ2) is 5.58. The number of urea groups is 1. The highest BCUT2D eigenvalue weighted by atomic mass is 16.2. The predicted octanol–water partition coefficient (Wildman–Crippen LogP) is 3.09. The van der Waals surface area contributed by atoms with E-state index in [4.69, 9.17) is 0 Å². The number of nitrogens with zero attached hydrogens (tertiary/aromatic N) is 2. The van der Waals surface area contributed by atoms with Gasteiger partial charge in [-0.3, -0.25) is 4.90 Å². The Morgan fingerprint density at radius 2 is 1.82 bits per heavy atom. The number of benzene rings is 1. The molecule has 1 aromatic rings. The number of rotatable bonds is 3. The van der Waals surface area contributed by atoms with Crippen molar-refractivity contribution in [2.24, 2.45) is 5.92 Å². The summed E-state index contributed by atoms with van der Waals surface area (Å²) >= 11 is 0. The number of aryl methyl sites for hydroxylation is 1. The monoisotopic (exact) mass is 299 g/mol. The van der Waals surface area contributed by atoms with E-state index in [0.717, 1.165) is 43.1 Å². The summed E-state index contributed by atoms with van der Waals surface area (Å²) in [6.45, 7) is 5.42. The molecule has 3 fully saturated rings. The fourth-order valence-electron chi connectivity index (χ4n) is 4.03. The molecule has 2 atom stereocenters. The second-order valence-electron chi connectivity index (χ2n) is 7.20. The van der Waals surface area contributed by atoms with Crippen LogP contribution in [0.2, 0.25) is 0 Å². The van der Waals surface area contributed by atoms with Crippen molar-refractivity contribution in [1.29, 1.82) is 0 Å². The Hall–Kier alpha value is -1.55. The first kappa shape index (κ1) is 14.1. The molecule has 22 heavy (non-hydrogen) atoms. The number of piperazine rings is 1. The second-order valence-corrected chi connectivity index (χ2v) is 7.20. The van der Waals surface area contributed by atoms with Crippen LogP contribution in [0, 0.1) is 12.8 Å². The first-order valence-electron chi connectivity index (χ1n) is 8.58. The zero-order valence-corrected chi connectivity index (χ0v) is 13.3. The highest BCUT2D eigenvalue weighted by Crippen LogP contribution is 2.35. The van der Waals surface area contributed by atoms with Gasteiger partial charge in [-0.05, 0) is 50.2 Å². The van der Waals surface area contributed by atoms with Gasteiger partial charge in [-0.2, -0.15) is 0 Å². The van der Waals surface area contributed by atoms with E-state index in [-0.39, 0.29) is 6.03 Å². The molecule has 4 nitrogen and oxygen atoms in total. The average Bonchev–Trinajstić information content (AvgIpc) is 3.26. The van der Waals surface area contributed by atoms with Crippen molar-refractivity contribution in [3.05, 3.63) is 29.8 Å². The Kier molecular flexibility index (Phi) is 3.57. The highest BCUT2D eigenvalue weighted by Gasteiger charge is 2.43. The molecule has 2 aliphatic heterocycles. The lowest BCUT2D eigenvalue weighted by Crippen LogP contribution is -2.57. The predicted molar refractivity (Wildman–Crippen MR) is 88.0 cm³/mol. The molecular formula is C18H25N3O. The quantitative estimate of drug-likeness (QED) is 0.931. The molecule has 118 valence electrons. The molecule has 0 radical (unpaired) electrons. The van der Waals surface area contributed by atoms with E-state index >= 15 is 0 Å². The van der Waals surface area contributed by atoms with Crippen LogP contribution in [-0.2, 0) is 0 Å². The number of carbonyl (C=O) groups excluding carboxylic acids is 1. The van der Waals surface area contributed by atoms with Gasteiger partial charge in [0.25, 0.3) is 0 Å². The fraction of sp³-hybridized carbons (Fsp3) is 0.611. The number of para-hydroxylation sites is 1. The maximum atomic E-state index is 12.7. The van der Waals surface area contributed by atoms with Crippen LogP contribution in [0.25, 0.3) is 0 Å². The van der Waals surface area contributed by atoms with Gasteiger partial charge in [-0.25, -0.2) is 4.79 Å². The summed E-state index contributed by atoms with van der Waals surface area (Å²) in [7, 11) is 0. The third-order valence-electron chi connectivity index (χ3n) is 5.39. The number of likely N-dealkylation sites (tertiary alicyclic amines) is 1. The molecule has 2 saturated heterocycles. The molecule has 1 N–H and O–H groups in total. The average molecular weight is 299 g/mol. The molecule has 0 aromatic heterocycles. The summed E-state index contributed by atoms with van der Waals surface area (Å²) in [5.74, 6) is 0.937. The minimum atomic E-state index is 0.0906. The molecule has 4 rings (SSSR count). The molecule has 0 spiro atoms. The molecule has 1 saturated carbocycles. The third kappa shape index (κ3) is 2.72. The van der Waals surface area contributed by atoms with Crippen LogP contribution in [0.15, 0.2) is 24.3 Å². The van der Waals surface area contributed by atoms with Gasteiger partial charge >= 0.3 is 6.03 Å². The number of hydrogen-bond acceptors (Lipinski definition) is 2. The molecule has 2 bridgehead atoms. The van der Waals surface area contributed by atoms with E-state index in [0.29, 0.717) is 12.1 Å². The fourth-order valence-corrected chi connectivity index (χ4v) is 4.03. The standard InChI is InChI=1S/C18H25N3O/c1-13-4-2-3-5-17(13)19-18(22)21-15-8-9-16(21)12-20(11-15)10-14-6-7-14/h2-5,14-16H,6-12H2,1H3,(H,19,22). The minimum Gasteiger partial charge on any atom is -0.316 e. The van der Waals surface area contributed by atoms with Crippen molar-refractivity contribution in [3.63, 3.8) is 0 Å². The smallest absolute Gasteiger partial charge is 0.316 e. The summed E-state index contributed by atoms with van der Waals surface area (Å²) < 4.78 is 0. The topological polar surface area (TPSA) is 35.6 Å². The number of amides is 2. The number of hydrogen-bond donors (Lipinski definition) is 1. The summed E-state index contributed by atoms with van der Waals surface area (Å²) in [6, 6.07) is 8.91. The zero-order valence-electron chi connectivity index (χ0n) is 13.3. The molecule has 1 aromatic carbocycles. The van der Waals surface area contributed by atoms with Crippen molar-refractivity contribution >= 4 is 11.7 Å². The summed E-state index contributed by atoms with van der Waals surface area (Å²) in [6.07, 6.45) is 5.13. The Morgan fingerprint density at radius 3 is 2.45 bits per heavy atom. The Morgan fingerprint density at radius 1 is 1.14 bits per heavy atom. The van der Waals surface area contributed by atoms with Crippen LogP contribution in [0.5, 0.6) is 0 Å². The normalized spacial score (nSPS) is 28.0. The Balaban J connectivity index is 1.42. The van der Waals surface area contributed by atoms with E-state index in [2.05, 4.69) is 15.1 Å². The van der Waals surface area contributed by atoms with Gasteiger partial charge in [0.2, 0.25) is 0 Å². The molecule has 3 aliphatic rings. The van der Waals surface area contributed by atoms with E-state index in [1.807, 2.05) is 31.2 Å². The first-order valence-corrected chi connectivity index (χ1v) is 8.58. The van der Waals surface area contributed by atoms with Gasteiger partial charge in [0.1, 0.15) is 0 Å². The van der Waals surface area contributed by atoms with E-state index in [9.17, 15) is 4.79 Å². The summed E-state index contributed by atoms with van der Waals surface area (Å²) in [5, 5.41) is 3.12. The molecule has 2 heterocycles. The number of nitrogens with one attached hydrogen (secondary N) is 1. The largest absolute Gasteiger partial charge is 0.322 e. The van der Waals surface area contributed by atoms with Crippen LogP contribution in [0.4, 0.5) is 10.5 Å². The van der Waals surface area contributed by atoms with Gasteiger partial charge in [0.05, 0.1) is 0 Å². The van der Waals surface area contributed by atoms with Crippen LogP contribution in [-0.4, -0.2) is 47.5 Å². The van der Waals surface area contributed by atoms with E-state index < -0.39 is 0 Å². The zero-order chi connectivity index (χ0) is 15.1. The Bertz CT molecular complexity index is 555. The molecule has 2 amide bonds. The van der Waals surface area contributed by atoms with Crippen LogP contribution < -0.4 is 5.32 Å². The first-order chi connectivity index (χ1) is 10.7. The minimum absolute atomic E-state index is 0.0906. The summed E-state index contributed by atoms with van der Waals surface area (Å²) in [5.41, 5.74) is 2.06. The molecular weight excluding hydrogens is 274 g/mol. The van der Waals surface area contributed by atoms with Gasteiger partial charge in [0, 0.05) is 37.4 Å². The van der Waals surface area contributed by atoms with E-state index in [1.54, 1.807) is 0 Å². The Labute approximate surface area is 132 Å². The number of fused-ring (bicyclic) bond motifs is 2. The number of anilines is 1. The van der Waals surface area contributed by atoms with E-state index in [1.165, 1.54) is 19.4 Å². The van der Waals surface area contributed by atoms with Crippen LogP contribution >= 0.6 is 0 Å². The lowest BCUT2D eigenvalue weighted by atomic mass is 10.1. The maximum absolute atomic E-state index is 12.7. The van der Waals surface area contributed by atoms with Crippen molar-refractivity contribution in [2.45, 2.75) is 44.7 Å². The maximum Gasteiger partial charge on any atom is 0.322 e. The summed E-state index contributed by atoms with van der Waals surface area (Å²) in [4.78, 5) is 17.4. The lowest BCUT2D eigenvalue weighted by molar-refractivity contribution is 0.0917. The molecule has 1 aliphatic carbocycles. The van der Waals surface area contributed by atoms with Crippen LogP contribution in [0.3, 0.4) is 0 Å². The van der Waals surface area contributed by atoms with Gasteiger partial charge in [-0.1, -0.05) is 18.2 Å². The number of carbonyl (C=O) groups is 1. The van der Waals surface area contributed by atoms with Crippen molar-refractivity contribution in [2.75, 3.05) is 25.0 Å². The van der Waals surface area contributed by atoms with Gasteiger partial charge in [0.15, 0.2) is 0 Å². The highest BCUT2D eigenvalue weighted by molar-refractivity contribution is 5.90. The van der Waals surface area contributed by atoms with Gasteiger partial charge < -0.3 is 10.2 Å². The third-order valence-corrected chi connectivity index (χ3v) is 5.39. The van der Waals surface area contributed by atoms with Crippen molar-refractivity contribution < 1.29 is 4.79 Å². The van der Waals surface area contributed by atoms with Crippen molar-refractivity contribution in [1.82, 2.24) is 9.80 Å². The van der Waals surface area contributed by atoms with Gasteiger partial charge in [-0.15, -0.1) is 0 Å². The SMILES string of the molecule is Cc1ccccc1NC(=O)N1C2CCC1CN(CC1CC1)C2. The molecule has 4 heteroatoms. The van der Waals surface area contributed by atoms with Crippen LogP contribution in [0.1, 0.15) is 31.2 Å². The lowest BCUT2D eigenvalue weighted by Gasteiger charge is -2.41. The molecule has 2 unspecified atom stereocenters.